The molecule has 1 rings (SSSR count). The third kappa shape index (κ3) is 2.44. The van der Waals surface area contributed by atoms with Crippen LogP contribution in [0.3, 0.4) is 0 Å². The number of carboxylic acid groups (broad SMARTS) is 1. The summed E-state index contributed by atoms with van der Waals surface area (Å²) in [7, 11) is 0. The summed E-state index contributed by atoms with van der Waals surface area (Å²) in [6.07, 6.45) is 2.98. The second-order valence-electron chi connectivity index (χ2n) is 3.86. The number of hydrogen-bond donors (Lipinski definition) is 1. The fourth-order valence-electron chi connectivity index (χ4n) is 2.15. The fraction of sp³-hybridized carbons (Fsp3) is 0.900. The van der Waals surface area contributed by atoms with Crippen LogP contribution in [0.1, 0.15) is 33.1 Å². The Hall–Kier alpha value is -0.570. The zero-order valence-corrected chi connectivity index (χ0v) is 8.49. The molecule has 3 heteroatoms. The highest BCUT2D eigenvalue weighted by Crippen LogP contribution is 2.23. The predicted octanol–water partition coefficient (Wildman–Crippen LogP) is 1.58. The van der Waals surface area contributed by atoms with Crippen LogP contribution in [-0.4, -0.2) is 35.1 Å². The van der Waals surface area contributed by atoms with Gasteiger partial charge in [-0.1, -0.05) is 6.92 Å². The maximum atomic E-state index is 10.9. The maximum Gasteiger partial charge on any atom is 0.308 e. The highest BCUT2D eigenvalue weighted by atomic mass is 16.4. The van der Waals surface area contributed by atoms with E-state index in [0.717, 1.165) is 32.4 Å². The van der Waals surface area contributed by atoms with E-state index in [-0.39, 0.29) is 12.0 Å². The Kier molecular flexibility index (Phi) is 3.72. The Morgan fingerprint density at radius 2 is 2.31 bits per heavy atom. The van der Waals surface area contributed by atoms with Gasteiger partial charge in [-0.3, -0.25) is 9.69 Å². The van der Waals surface area contributed by atoms with Crippen molar-refractivity contribution >= 4 is 5.97 Å². The standard InChI is InChI=1S/C10H19NO2/c1-3-6-11-7-4-5-9(8(11)2)10(12)13/h8-9H,3-7H2,1-2H3,(H,12,13)/t8-,9+/m1/s1. The summed E-state index contributed by atoms with van der Waals surface area (Å²) < 4.78 is 0. The average Bonchev–Trinajstić information content (AvgIpc) is 2.08. The number of hydrogen-bond acceptors (Lipinski definition) is 2. The van der Waals surface area contributed by atoms with Gasteiger partial charge in [0.2, 0.25) is 0 Å². The Balaban J connectivity index is 2.54. The van der Waals surface area contributed by atoms with Crippen molar-refractivity contribution in [2.75, 3.05) is 13.1 Å². The van der Waals surface area contributed by atoms with Crippen molar-refractivity contribution in [1.82, 2.24) is 4.90 Å². The summed E-state index contributed by atoms with van der Waals surface area (Å²) >= 11 is 0. The molecule has 0 aromatic heterocycles. The fourth-order valence-corrected chi connectivity index (χ4v) is 2.15. The molecule has 0 saturated carbocycles. The zero-order chi connectivity index (χ0) is 9.84. The SMILES string of the molecule is CCCN1CCC[C@H](C(=O)O)[C@H]1C. The van der Waals surface area contributed by atoms with Crippen LogP contribution >= 0.6 is 0 Å². The smallest absolute Gasteiger partial charge is 0.308 e. The van der Waals surface area contributed by atoms with Crippen molar-refractivity contribution in [3.05, 3.63) is 0 Å². The molecule has 0 aromatic carbocycles. The molecule has 3 nitrogen and oxygen atoms in total. The minimum atomic E-state index is -0.631. The van der Waals surface area contributed by atoms with Crippen LogP contribution in [0.15, 0.2) is 0 Å². The number of nitrogens with zero attached hydrogens (tertiary/aromatic N) is 1. The van der Waals surface area contributed by atoms with Gasteiger partial charge in [0.25, 0.3) is 0 Å². The lowest BCUT2D eigenvalue weighted by molar-refractivity contribution is -0.145. The third-order valence-electron chi connectivity index (χ3n) is 2.95. The van der Waals surface area contributed by atoms with Crippen molar-refractivity contribution in [3.63, 3.8) is 0 Å². The van der Waals surface area contributed by atoms with E-state index < -0.39 is 5.97 Å². The first-order chi connectivity index (χ1) is 6.16. The Morgan fingerprint density at radius 1 is 1.62 bits per heavy atom. The van der Waals surface area contributed by atoms with E-state index in [1.807, 2.05) is 6.92 Å². The molecule has 0 spiro atoms. The second-order valence-corrected chi connectivity index (χ2v) is 3.86. The lowest BCUT2D eigenvalue weighted by Crippen LogP contribution is -2.46. The molecule has 0 aromatic rings. The van der Waals surface area contributed by atoms with Gasteiger partial charge in [0.05, 0.1) is 5.92 Å². The summed E-state index contributed by atoms with van der Waals surface area (Å²) in [5, 5.41) is 8.97. The molecule has 0 radical (unpaired) electrons. The second kappa shape index (κ2) is 4.61. The number of aliphatic carboxylic acids is 1. The molecule has 0 aliphatic carbocycles. The molecule has 76 valence electrons. The first-order valence-corrected chi connectivity index (χ1v) is 5.13. The van der Waals surface area contributed by atoms with Gasteiger partial charge < -0.3 is 5.11 Å². The molecule has 0 amide bonds. The molecule has 1 aliphatic heterocycles. The monoisotopic (exact) mass is 185 g/mol. The lowest BCUT2D eigenvalue weighted by atomic mass is 9.90. The van der Waals surface area contributed by atoms with E-state index in [2.05, 4.69) is 11.8 Å². The van der Waals surface area contributed by atoms with Crippen molar-refractivity contribution in [1.29, 1.82) is 0 Å². The van der Waals surface area contributed by atoms with Crippen LogP contribution < -0.4 is 0 Å². The van der Waals surface area contributed by atoms with Gasteiger partial charge in [0, 0.05) is 6.04 Å². The van der Waals surface area contributed by atoms with Crippen molar-refractivity contribution in [2.24, 2.45) is 5.92 Å². The van der Waals surface area contributed by atoms with Crippen LogP contribution in [-0.2, 0) is 4.79 Å². The van der Waals surface area contributed by atoms with Gasteiger partial charge in [0.1, 0.15) is 0 Å². The molecule has 2 atom stereocenters. The zero-order valence-electron chi connectivity index (χ0n) is 8.49. The van der Waals surface area contributed by atoms with Crippen LogP contribution in [0.4, 0.5) is 0 Å². The van der Waals surface area contributed by atoms with Gasteiger partial charge in [-0.25, -0.2) is 0 Å². The van der Waals surface area contributed by atoms with Gasteiger partial charge in [-0.15, -0.1) is 0 Å². The molecule has 0 bridgehead atoms. The largest absolute Gasteiger partial charge is 0.481 e. The van der Waals surface area contributed by atoms with E-state index >= 15 is 0 Å². The van der Waals surface area contributed by atoms with Gasteiger partial charge in [0.15, 0.2) is 0 Å². The first kappa shape index (κ1) is 10.5. The molecule has 1 fully saturated rings. The molecule has 1 saturated heterocycles. The van der Waals surface area contributed by atoms with Crippen LogP contribution in [0.2, 0.25) is 0 Å². The maximum absolute atomic E-state index is 10.9. The van der Waals surface area contributed by atoms with Crippen LogP contribution in [0.5, 0.6) is 0 Å². The van der Waals surface area contributed by atoms with Crippen LogP contribution in [0, 0.1) is 5.92 Å². The van der Waals surface area contributed by atoms with E-state index in [0.29, 0.717) is 0 Å². The summed E-state index contributed by atoms with van der Waals surface area (Å²) in [6, 6.07) is 0.214. The first-order valence-electron chi connectivity index (χ1n) is 5.13. The topological polar surface area (TPSA) is 40.5 Å². The summed E-state index contributed by atoms with van der Waals surface area (Å²) in [6.45, 7) is 6.27. The average molecular weight is 185 g/mol. The Labute approximate surface area is 79.7 Å². The molecule has 13 heavy (non-hydrogen) atoms. The highest BCUT2D eigenvalue weighted by Gasteiger charge is 2.31. The molecular weight excluding hydrogens is 166 g/mol. The van der Waals surface area contributed by atoms with Crippen LogP contribution in [0.25, 0.3) is 0 Å². The summed E-state index contributed by atoms with van der Waals surface area (Å²) in [5.41, 5.74) is 0. The molecule has 0 unspecified atom stereocenters. The quantitative estimate of drug-likeness (QED) is 0.725. The highest BCUT2D eigenvalue weighted by molar-refractivity contribution is 5.70. The Bertz CT molecular complexity index is 180. The van der Waals surface area contributed by atoms with Gasteiger partial charge in [-0.05, 0) is 39.3 Å². The van der Waals surface area contributed by atoms with Gasteiger partial charge in [-0.2, -0.15) is 0 Å². The van der Waals surface area contributed by atoms with Crippen molar-refractivity contribution < 1.29 is 9.90 Å². The van der Waals surface area contributed by atoms with E-state index in [1.54, 1.807) is 0 Å². The minimum Gasteiger partial charge on any atom is -0.481 e. The number of piperidine rings is 1. The van der Waals surface area contributed by atoms with E-state index in [1.165, 1.54) is 0 Å². The third-order valence-corrected chi connectivity index (χ3v) is 2.95. The number of carboxylic acids is 1. The predicted molar refractivity (Wildman–Crippen MR) is 51.7 cm³/mol. The van der Waals surface area contributed by atoms with E-state index in [9.17, 15) is 4.79 Å². The summed E-state index contributed by atoms with van der Waals surface area (Å²) in [4.78, 5) is 13.2. The number of likely N-dealkylation sites (tertiary alicyclic amines) is 1. The van der Waals surface area contributed by atoms with E-state index in [4.69, 9.17) is 5.11 Å². The molecule has 1 N–H and O–H groups in total. The minimum absolute atomic E-state index is 0.153. The lowest BCUT2D eigenvalue weighted by Gasteiger charge is -2.37. The number of rotatable bonds is 3. The molecule has 1 aliphatic rings. The Morgan fingerprint density at radius 3 is 2.85 bits per heavy atom. The van der Waals surface area contributed by atoms with Gasteiger partial charge >= 0.3 is 5.97 Å². The molecular formula is C10H19NO2. The van der Waals surface area contributed by atoms with Crippen molar-refractivity contribution in [3.8, 4) is 0 Å². The normalized spacial score (nSPS) is 30.3. The van der Waals surface area contributed by atoms with Crippen molar-refractivity contribution in [2.45, 2.75) is 39.2 Å². The summed E-state index contributed by atoms with van der Waals surface area (Å²) in [5.74, 6) is -0.784. The number of carbonyl (C=O) groups is 1. The molecule has 1 heterocycles.